The molecule has 0 aromatic heterocycles. The van der Waals surface area contributed by atoms with Gasteiger partial charge in [-0.25, -0.2) is 4.39 Å². The standard InChI is InChI=1S/C19H25FN2/c1-14-5-6-16(15(2)11-14)12-19(21,13-22(3)4)17-7-9-18(20)10-8-17/h5-11H,12-13,21H2,1-4H3. The molecule has 0 radical (unpaired) electrons. The van der Waals surface area contributed by atoms with Gasteiger partial charge in [0.05, 0.1) is 5.54 Å². The monoisotopic (exact) mass is 300 g/mol. The summed E-state index contributed by atoms with van der Waals surface area (Å²) in [6, 6.07) is 13.0. The summed E-state index contributed by atoms with van der Waals surface area (Å²) >= 11 is 0. The van der Waals surface area contributed by atoms with Crippen molar-refractivity contribution in [2.24, 2.45) is 5.73 Å². The molecule has 2 aromatic carbocycles. The highest BCUT2D eigenvalue weighted by atomic mass is 19.1. The molecule has 0 bridgehead atoms. The van der Waals surface area contributed by atoms with E-state index in [-0.39, 0.29) is 5.82 Å². The Morgan fingerprint density at radius 2 is 1.68 bits per heavy atom. The molecule has 1 atom stereocenters. The molecule has 0 spiro atoms. The third-order valence-electron chi connectivity index (χ3n) is 4.02. The Labute approximate surface area is 132 Å². The lowest BCUT2D eigenvalue weighted by Gasteiger charge is -2.33. The van der Waals surface area contributed by atoms with Crippen molar-refractivity contribution in [3.8, 4) is 0 Å². The van der Waals surface area contributed by atoms with Crippen molar-refractivity contribution in [3.63, 3.8) is 0 Å². The Morgan fingerprint density at radius 1 is 1.05 bits per heavy atom. The van der Waals surface area contributed by atoms with E-state index >= 15 is 0 Å². The molecule has 0 aliphatic carbocycles. The molecule has 0 fully saturated rings. The predicted molar refractivity (Wildman–Crippen MR) is 90.4 cm³/mol. The van der Waals surface area contributed by atoms with E-state index in [1.165, 1.54) is 28.8 Å². The van der Waals surface area contributed by atoms with Gasteiger partial charge in [0.25, 0.3) is 0 Å². The molecular weight excluding hydrogens is 275 g/mol. The lowest BCUT2D eigenvalue weighted by molar-refractivity contribution is 0.283. The quantitative estimate of drug-likeness (QED) is 0.917. The minimum Gasteiger partial charge on any atom is -0.320 e. The van der Waals surface area contributed by atoms with Crippen LogP contribution < -0.4 is 5.73 Å². The van der Waals surface area contributed by atoms with Crippen molar-refractivity contribution in [2.45, 2.75) is 25.8 Å². The van der Waals surface area contributed by atoms with Gasteiger partial charge < -0.3 is 10.6 Å². The maximum Gasteiger partial charge on any atom is 0.123 e. The molecule has 0 aliphatic rings. The Bertz CT molecular complexity index is 634. The third-order valence-corrected chi connectivity index (χ3v) is 4.02. The zero-order chi connectivity index (χ0) is 16.3. The average molecular weight is 300 g/mol. The van der Waals surface area contributed by atoms with Crippen LogP contribution in [0, 0.1) is 19.7 Å². The van der Waals surface area contributed by atoms with Crippen molar-refractivity contribution in [1.82, 2.24) is 4.90 Å². The predicted octanol–water partition coefficient (Wildman–Crippen LogP) is 3.40. The van der Waals surface area contributed by atoms with E-state index in [1.807, 2.05) is 14.1 Å². The van der Waals surface area contributed by atoms with Gasteiger partial charge in [0, 0.05) is 6.54 Å². The Morgan fingerprint density at radius 3 is 2.23 bits per heavy atom. The number of nitrogens with zero attached hydrogens (tertiary/aromatic N) is 1. The first-order valence-corrected chi connectivity index (χ1v) is 7.56. The van der Waals surface area contributed by atoms with Crippen LogP contribution in [0.2, 0.25) is 0 Å². The maximum atomic E-state index is 13.2. The van der Waals surface area contributed by atoms with Gasteiger partial charge in [0.15, 0.2) is 0 Å². The van der Waals surface area contributed by atoms with Gasteiger partial charge in [-0.1, -0.05) is 35.9 Å². The van der Waals surface area contributed by atoms with Crippen molar-refractivity contribution in [3.05, 3.63) is 70.5 Å². The van der Waals surface area contributed by atoms with Gasteiger partial charge in [-0.15, -0.1) is 0 Å². The minimum absolute atomic E-state index is 0.234. The second kappa shape index (κ2) is 6.59. The minimum atomic E-state index is -0.544. The molecule has 0 heterocycles. The van der Waals surface area contributed by atoms with Crippen LogP contribution in [-0.2, 0) is 12.0 Å². The lowest BCUT2D eigenvalue weighted by Crippen LogP contribution is -2.47. The number of benzene rings is 2. The van der Waals surface area contributed by atoms with Gasteiger partial charge in [0.2, 0.25) is 0 Å². The van der Waals surface area contributed by atoms with Crippen molar-refractivity contribution in [1.29, 1.82) is 0 Å². The molecule has 3 heteroatoms. The topological polar surface area (TPSA) is 29.3 Å². The van der Waals surface area contributed by atoms with Crippen LogP contribution in [0.1, 0.15) is 22.3 Å². The summed E-state index contributed by atoms with van der Waals surface area (Å²) in [6.45, 7) is 4.90. The van der Waals surface area contributed by atoms with Crippen LogP contribution in [0.4, 0.5) is 4.39 Å². The van der Waals surface area contributed by atoms with E-state index in [0.717, 1.165) is 12.0 Å². The summed E-state index contributed by atoms with van der Waals surface area (Å²) in [7, 11) is 4.01. The molecule has 0 saturated carbocycles. The summed E-state index contributed by atoms with van der Waals surface area (Å²) in [5.74, 6) is -0.234. The van der Waals surface area contributed by atoms with Gasteiger partial charge in [0.1, 0.15) is 5.82 Å². The highest BCUT2D eigenvalue weighted by molar-refractivity contribution is 5.35. The Balaban J connectivity index is 2.38. The van der Waals surface area contributed by atoms with Gasteiger partial charge in [-0.05, 0) is 63.2 Å². The number of rotatable bonds is 5. The first-order chi connectivity index (χ1) is 10.3. The number of halogens is 1. The van der Waals surface area contributed by atoms with Crippen molar-refractivity contribution >= 4 is 0 Å². The van der Waals surface area contributed by atoms with E-state index in [4.69, 9.17) is 5.73 Å². The van der Waals surface area contributed by atoms with Crippen molar-refractivity contribution in [2.75, 3.05) is 20.6 Å². The van der Waals surface area contributed by atoms with Crippen LogP contribution in [0.25, 0.3) is 0 Å². The molecule has 0 saturated heterocycles. The highest BCUT2D eigenvalue weighted by Gasteiger charge is 2.29. The zero-order valence-corrected chi connectivity index (χ0v) is 13.9. The summed E-state index contributed by atoms with van der Waals surface area (Å²) in [4.78, 5) is 2.08. The van der Waals surface area contributed by atoms with E-state index in [0.29, 0.717) is 6.54 Å². The molecule has 2 aromatic rings. The molecular formula is C19H25FN2. The molecule has 1 unspecified atom stereocenters. The fourth-order valence-electron chi connectivity index (χ4n) is 2.98. The number of hydrogen-bond donors (Lipinski definition) is 1. The summed E-state index contributed by atoms with van der Waals surface area (Å²) in [5, 5.41) is 0. The van der Waals surface area contributed by atoms with Gasteiger partial charge in [-0.3, -0.25) is 0 Å². The van der Waals surface area contributed by atoms with E-state index in [1.54, 1.807) is 12.1 Å². The molecule has 0 amide bonds. The maximum absolute atomic E-state index is 13.2. The van der Waals surface area contributed by atoms with Crippen LogP contribution >= 0.6 is 0 Å². The largest absolute Gasteiger partial charge is 0.320 e. The molecule has 2 rings (SSSR count). The first kappa shape index (κ1) is 16.7. The molecule has 2 nitrogen and oxygen atoms in total. The normalized spacial score (nSPS) is 14.1. The number of aryl methyl sites for hydroxylation is 2. The lowest BCUT2D eigenvalue weighted by atomic mass is 9.83. The van der Waals surface area contributed by atoms with Gasteiger partial charge in [-0.2, -0.15) is 0 Å². The van der Waals surface area contributed by atoms with E-state index < -0.39 is 5.54 Å². The Hall–Kier alpha value is -1.71. The van der Waals surface area contributed by atoms with Crippen LogP contribution in [-0.4, -0.2) is 25.5 Å². The SMILES string of the molecule is Cc1ccc(CC(N)(CN(C)C)c2ccc(F)cc2)c(C)c1. The fraction of sp³-hybridized carbons (Fsp3) is 0.368. The van der Waals surface area contributed by atoms with Crippen LogP contribution in [0.5, 0.6) is 0 Å². The molecule has 22 heavy (non-hydrogen) atoms. The average Bonchev–Trinajstić information content (AvgIpc) is 2.42. The molecule has 0 aliphatic heterocycles. The number of likely N-dealkylation sites (N-methyl/N-ethyl adjacent to an activating group) is 1. The summed E-state index contributed by atoms with van der Waals surface area (Å²) in [5.41, 5.74) is 10.9. The smallest absolute Gasteiger partial charge is 0.123 e. The highest BCUT2D eigenvalue weighted by Crippen LogP contribution is 2.26. The molecule has 2 N–H and O–H groups in total. The second-order valence-electron chi connectivity index (χ2n) is 6.51. The number of hydrogen-bond acceptors (Lipinski definition) is 2. The summed E-state index contributed by atoms with van der Waals surface area (Å²) < 4.78 is 13.2. The zero-order valence-electron chi connectivity index (χ0n) is 13.9. The Kier molecular flexibility index (Phi) is 4.99. The third kappa shape index (κ3) is 3.93. The number of nitrogens with two attached hydrogens (primary N) is 1. The van der Waals surface area contributed by atoms with Crippen LogP contribution in [0.15, 0.2) is 42.5 Å². The molecule has 118 valence electrons. The van der Waals surface area contributed by atoms with Gasteiger partial charge >= 0.3 is 0 Å². The van der Waals surface area contributed by atoms with E-state index in [9.17, 15) is 4.39 Å². The van der Waals surface area contributed by atoms with E-state index in [2.05, 4.69) is 36.9 Å². The second-order valence-corrected chi connectivity index (χ2v) is 6.51. The van der Waals surface area contributed by atoms with Crippen molar-refractivity contribution < 1.29 is 4.39 Å². The van der Waals surface area contributed by atoms with Crippen LogP contribution in [0.3, 0.4) is 0 Å². The fourth-order valence-corrected chi connectivity index (χ4v) is 2.98. The summed E-state index contributed by atoms with van der Waals surface area (Å²) in [6.07, 6.45) is 0.725. The first-order valence-electron chi connectivity index (χ1n) is 7.56.